The van der Waals surface area contributed by atoms with E-state index in [0.29, 0.717) is 4.83 Å². The maximum Gasteiger partial charge on any atom is 0.0401 e. The highest BCUT2D eigenvalue weighted by atomic mass is 79.9. The van der Waals surface area contributed by atoms with Gasteiger partial charge < -0.3 is 0 Å². The molecule has 0 N–H and O–H groups in total. The van der Waals surface area contributed by atoms with Gasteiger partial charge in [0.2, 0.25) is 0 Å². The molecule has 0 bridgehead atoms. The van der Waals surface area contributed by atoms with E-state index in [2.05, 4.69) is 51.8 Å². The van der Waals surface area contributed by atoms with Crippen LogP contribution in [0.4, 0.5) is 0 Å². The van der Waals surface area contributed by atoms with Crippen LogP contribution in [0, 0.1) is 13.8 Å². The molecule has 0 fully saturated rings. The van der Waals surface area contributed by atoms with Gasteiger partial charge in [-0.1, -0.05) is 38.3 Å². The van der Waals surface area contributed by atoms with Gasteiger partial charge in [0.25, 0.3) is 0 Å². The summed E-state index contributed by atoms with van der Waals surface area (Å²) in [6.07, 6.45) is 5.18. The summed E-state index contributed by atoms with van der Waals surface area (Å²) in [5.41, 5.74) is 5.97. The minimum absolute atomic E-state index is 0.547. The SMILES string of the molecule is Cc1cc(Br)c(C)c2c1CCCCC2Br. The molecule has 1 aliphatic rings. The van der Waals surface area contributed by atoms with E-state index in [1.54, 1.807) is 11.1 Å². The summed E-state index contributed by atoms with van der Waals surface area (Å²) >= 11 is 7.49. The van der Waals surface area contributed by atoms with Crippen LogP contribution < -0.4 is 0 Å². The fraction of sp³-hybridized carbons (Fsp3) is 0.538. The Kier molecular flexibility index (Phi) is 3.56. The molecule has 0 saturated carbocycles. The van der Waals surface area contributed by atoms with Gasteiger partial charge in [-0.15, -0.1) is 0 Å². The van der Waals surface area contributed by atoms with Gasteiger partial charge in [0.15, 0.2) is 0 Å². The Bertz CT molecular complexity index is 383. The Morgan fingerprint density at radius 2 is 2.00 bits per heavy atom. The molecule has 0 spiro atoms. The van der Waals surface area contributed by atoms with Crippen molar-refractivity contribution in [2.75, 3.05) is 0 Å². The van der Waals surface area contributed by atoms with Gasteiger partial charge in [0.05, 0.1) is 0 Å². The zero-order valence-electron chi connectivity index (χ0n) is 9.24. The molecule has 1 unspecified atom stereocenters. The lowest BCUT2D eigenvalue weighted by Gasteiger charge is -2.18. The van der Waals surface area contributed by atoms with Crippen LogP contribution in [0.1, 0.15) is 46.3 Å². The minimum atomic E-state index is 0.547. The smallest absolute Gasteiger partial charge is 0.0401 e. The van der Waals surface area contributed by atoms with Crippen LogP contribution in [0.2, 0.25) is 0 Å². The monoisotopic (exact) mass is 330 g/mol. The zero-order valence-corrected chi connectivity index (χ0v) is 12.4. The molecular formula is C13H16Br2. The predicted octanol–water partition coefficient (Wildman–Crippen LogP) is 5.23. The van der Waals surface area contributed by atoms with Gasteiger partial charge in [0, 0.05) is 9.30 Å². The van der Waals surface area contributed by atoms with Crippen molar-refractivity contribution in [2.24, 2.45) is 0 Å². The van der Waals surface area contributed by atoms with Crippen molar-refractivity contribution in [3.05, 3.63) is 32.8 Å². The summed E-state index contributed by atoms with van der Waals surface area (Å²) in [5.74, 6) is 0. The lowest BCUT2D eigenvalue weighted by Crippen LogP contribution is -2.01. The van der Waals surface area contributed by atoms with Crippen molar-refractivity contribution in [1.82, 2.24) is 0 Å². The molecule has 2 rings (SSSR count). The maximum absolute atomic E-state index is 3.84. The third kappa shape index (κ3) is 2.16. The van der Waals surface area contributed by atoms with E-state index in [1.165, 1.54) is 41.3 Å². The number of halogens is 2. The Morgan fingerprint density at radius 1 is 1.27 bits per heavy atom. The highest BCUT2D eigenvalue weighted by Crippen LogP contribution is 2.40. The molecule has 1 aromatic carbocycles. The summed E-state index contributed by atoms with van der Waals surface area (Å²) in [6.45, 7) is 4.45. The molecule has 0 amide bonds. The first-order valence-electron chi connectivity index (χ1n) is 5.54. The second kappa shape index (κ2) is 4.58. The second-order valence-electron chi connectivity index (χ2n) is 4.41. The summed E-state index contributed by atoms with van der Waals surface area (Å²) in [4.78, 5) is 0.547. The van der Waals surface area contributed by atoms with E-state index in [-0.39, 0.29) is 0 Å². The highest BCUT2D eigenvalue weighted by Gasteiger charge is 2.21. The number of hydrogen-bond donors (Lipinski definition) is 0. The van der Waals surface area contributed by atoms with E-state index in [4.69, 9.17) is 0 Å². The van der Waals surface area contributed by atoms with Gasteiger partial charge in [-0.05, 0) is 61.4 Å². The van der Waals surface area contributed by atoms with Crippen LogP contribution >= 0.6 is 31.9 Å². The molecule has 1 aliphatic carbocycles. The van der Waals surface area contributed by atoms with Gasteiger partial charge >= 0.3 is 0 Å². The minimum Gasteiger partial charge on any atom is -0.0839 e. The van der Waals surface area contributed by atoms with E-state index < -0.39 is 0 Å². The number of hydrogen-bond acceptors (Lipinski definition) is 0. The Balaban J connectivity index is 2.63. The largest absolute Gasteiger partial charge is 0.0839 e. The molecule has 0 saturated heterocycles. The summed E-state index contributed by atoms with van der Waals surface area (Å²) in [7, 11) is 0. The fourth-order valence-corrected chi connectivity index (χ4v) is 3.98. The van der Waals surface area contributed by atoms with E-state index in [9.17, 15) is 0 Å². The molecule has 0 heterocycles. The van der Waals surface area contributed by atoms with Crippen molar-refractivity contribution >= 4 is 31.9 Å². The zero-order chi connectivity index (χ0) is 11.0. The van der Waals surface area contributed by atoms with Gasteiger partial charge in [-0.2, -0.15) is 0 Å². The third-order valence-corrected chi connectivity index (χ3v) is 5.09. The fourth-order valence-electron chi connectivity index (χ4n) is 2.48. The lowest BCUT2D eigenvalue weighted by molar-refractivity contribution is 0.707. The summed E-state index contributed by atoms with van der Waals surface area (Å²) in [5, 5.41) is 0. The number of alkyl halides is 1. The topological polar surface area (TPSA) is 0 Å². The number of rotatable bonds is 0. The van der Waals surface area contributed by atoms with Crippen molar-refractivity contribution in [2.45, 2.75) is 44.4 Å². The molecule has 82 valence electrons. The average Bonchev–Trinajstić information content (AvgIpc) is 2.37. The second-order valence-corrected chi connectivity index (χ2v) is 6.37. The molecule has 0 aromatic heterocycles. The average molecular weight is 332 g/mol. The number of aryl methyl sites for hydroxylation is 1. The van der Waals surface area contributed by atoms with Crippen LogP contribution in [-0.2, 0) is 6.42 Å². The van der Waals surface area contributed by atoms with Crippen molar-refractivity contribution in [3.8, 4) is 0 Å². The molecular weight excluding hydrogens is 316 g/mol. The van der Waals surface area contributed by atoms with Crippen molar-refractivity contribution in [3.63, 3.8) is 0 Å². The van der Waals surface area contributed by atoms with Gasteiger partial charge in [0.1, 0.15) is 0 Å². The van der Waals surface area contributed by atoms with E-state index >= 15 is 0 Å². The van der Waals surface area contributed by atoms with Crippen LogP contribution in [0.25, 0.3) is 0 Å². The molecule has 15 heavy (non-hydrogen) atoms. The first-order chi connectivity index (χ1) is 7.11. The van der Waals surface area contributed by atoms with Crippen LogP contribution in [0.5, 0.6) is 0 Å². The Hall–Kier alpha value is 0.180. The normalized spacial score (nSPS) is 20.9. The van der Waals surface area contributed by atoms with Gasteiger partial charge in [-0.25, -0.2) is 0 Å². The third-order valence-electron chi connectivity index (χ3n) is 3.35. The summed E-state index contributed by atoms with van der Waals surface area (Å²) < 4.78 is 1.25. The predicted molar refractivity (Wildman–Crippen MR) is 72.8 cm³/mol. The molecule has 1 atom stereocenters. The van der Waals surface area contributed by atoms with Crippen molar-refractivity contribution in [1.29, 1.82) is 0 Å². The first-order valence-corrected chi connectivity index (χ1v) is 7.24. The van der Waals surface area contributed by atoms with Crippen LogP contribution in [0.15, 0.2) is 10.5 Å². The van der Waals surface area contributed by atoms with Crippen LogP contribution in [0.3, 0.4) is 0 Å². The lowest BCUT2D eigenvalue weighted by atomic mass is 9.94. The Labute approximate surface area is 109 Å². The van der Waals surface area contributed by atoms with E-state index in [0.717, 1.165) is 0 Å². The number of fused-ring (bicyclic) bond motifs is 1. The molecule has 1 aromatic rings. The Morgan fingerprint density at radius 3 is 2.73 bits per heavy atom. The standard InChI is InChI=1S/C13H16Br2/c1-8-7-12(15)9(2)13-10(8)5-3-4-6-11(13)14/h7,11H,3-6H2,1-2H3. The molecule has 0 nitrogen and oxygen atoms in total. The molecule has 0 aliphatic heterocycles. The molecule has 2 heteroatoms. The van der Waals surface area contributed by atoms with Crippen molar-refractivity contribution < 1.29 is 0 Å². The maximum atomic E-state index is 3.84. The molecule has 0 radical (unpaired) electrons. The van der Waals surface area contributed by atoms with Crippen LogP contribution in [-0.4, -0.2) is 0 Å². The quantitative estimate of drug-likeness (QED) is 0.451. The highest BCUT2D eigenvalue weighted by molar-refractivity contribution is 9.10. The van der Waals surface area contributed by atoms with Gasteiger partial charge in [-0.3, -0.25) is 0 Å². The number of benzene rings is 1. The van der Waals surface area contributed by atoms with E-state index in [1.807, 2.05) is 0 Å². The first kappa shape index (κ1) is 11.7. The summed E-state index contributed by atoms with van der Waals surface area (Å²) in [6, 6.07) is 2.26.